The summed E-state index contributed by atoms with van der Waals surface area (Å²) in [6, 6.07) is 7.49. The van der Waals surface area contributed by atoms with Gasteiger partial charge in [-0.3, -0.25) is 9.78 Å². The molecule has 10 nitrogen and oxygen atoms in total. The van der Waals surface area contributed by atoms with Crippen LogP contribution < -0.4 is 16.0 Å². The fourth-order valence-corrected chi connectivity index (χ4v) is 5.90. The number of aromatic nitrogens is 5. The number of hydrogen-bond acceptors (Lipinski definition) is 6. The molecule has 0 atom stereocenters. The van der Waals surface area contributed by atoms with E-state index in [-0.39, 0.29) is 22.0 Å². The minimum Gasteiger partial charge on any atom is -0.435 e. The van der Waals surface area contributed by atoms with Crippen molar-refractivity contribution in [2.24, 2.45) is 12.8 Å². The minimum atomic E-state index is -0.484. The predicted octanol–water partition coefficient (Wildman–Crippen LogP) is 5.13. The number of rotatable bonds is 4. The van der Waals surface area contributed by atoms with Gasteiger partial charge in [-0.1, -0.05) is 11.6 Å². The molecule has 0 aliphatic carbocycles. The zero-order valence-electron chi connectivity index (χ0n) is 22.7. The average molecular weight is 576 g/mol. The number of benzene rings is 2. The van der Waals surface area contributed by atoms with E-state index in [0.29, 0.717) is 48.3 Å². The smallest absolute Gasteiger partial charge is 0.314 e. The van der Waals surface area contributed by atoms with E-state index in [2.05, 4.69) is 21.5 Å². The van der Waals surface area contributed by atoms with Crippen LogP contribution in [0.4, 0.5) is 9.18 Å². The summed E-state index contributed by atoms with van der Waals surface area (Å²) in [5.41, 5.74) is 7.53. The lowest BCUT2D eigenvalue weighted by Gasteiger charge is -2.40. The van der Waals surface area contributed by atoms with Gasteiger partial charge in [-0.25, -0.2) is 19.2 Å². The summed E-state index contributed by atoms with van der Waals surface area (Å²) in [6.45, 7) is 5.14. The molecule has 0 spiro atoms. The molecule has 6 rings (SSSR count). The molecule has 3 aromatic heterocycles. The van der Waals surface area contributed by atoms with Gasteiger partial charge in [-0.15, -0.1) is 0 Å². The number of carbonyl (C=O) groups excluding carboxylic acids is 1. The lowest BCUT2D eigenvalue weighted by molar-refractivity contribution is 0.139. The van der Waals surface area contributed by atoms with Crippen LogP contribution in [0.15, 0.2) is 53.7 Å². The minimum absolute atomic E-state index is 0.0945. The number of carbonyl (C=O) groups is 1. The molecule has 0 unspecified atom stereocenters. The number of nitrogens with two attached hydrogens (primary N) is 1. The lowest BCUT2D eigenvalue weighted by atomic mass is 9.88. The van der Waals surface area contributed by atoms with Crippen molar-refractivity contribution in [2.75, 3.05) is 13.1 Å². The number of likely N-dealkylation sites (tertiary alicyclic amines) is 1. The highest BCUT2D eigenvalue weighted by Gasteiger charge is 2.35. The molecule has 4 heterocycles. The van der Waals surface area contributed by atoms with Crippen molar-refractivity contribution in [1.82, 2.24) is 29.0 Å². The number of imidazole rings is 1. The van der Waals surface area contributed by atoms with Crippen LogP contribution in [0.2, 0.25) is 5.02 Å². The first-order valence-corrected chi connectivity index (χ1v) is 13.4. The fourth-order valence-electron chi connectivity index (χ4n) is 5.63. The van der Waals surface area contributed by atoms with Crippen LogP contribution >= 0.6 is 11.6 Å². The number of fused-ring (bicyclic) bond motifs is 3. The van der Waals surface area contributed by atoms with Gasteiger partial charge in [0, 0.05) is 66.7 Å². The van der Waals surface area contributed by atoms with Crippen molar-refractivity contribution in [2.45, 2.75) is 32.2 Å². The number of nitrogens with zero attached hydrogens (tertiary/aromatic N) is 6. The van der Waals surface area contributed by atoms with E-state index in [4.69, 9.17) is 27.1 Å². The van der Waals surface area contributed by atoms with E-state index in [9.17, 15) is 9.59 Å². The number of piperidine rings is 1. The quantitative estimate of drug-likeness (QED) is 0.317. The van der Waals surface area contributed by atoms with Crippen LogP contribution in [0.1, 0.15) is 25.6 Å². The van der Waals surface area contributed by atoms with Crippen LogP contribution in [-0.4, -0.2) is 48.1 Å². The monoisotopic (exact) mass is 575 g/mol. The molecule has 2 N–H and O–H groups in total. The molecule has 0 bridgehead atoms. The van der Waals surface area contributed by atoms with Crippen molar-refractivity contribution in [3.8, 4) is 22.8 Å². The fraction of sp³-hybridized carbons (Fsp3) is 0.276. The van der Waals surface area contributed by atoms with Gasteiger partial charge >= 0.3 is 11.6 Å². The maximum atomic E-state index is 15.5. The standard InChI is InChI=1S/C29H27ClFN7O3/c1-16-35-24-15-34-23-14-22(31)19(13-20(23)25(24)38(16)29(2)6-9-37(10-7-29)28(32)40)18-5-4-17(12-21(18)30)41-26-27(39)36(3)11-8-33-26/h4-5,8,11-15H,6-7,9-10H2,1-3H3,(H2,32,40). The average Bonchev–Trinajstić information content (AvgIpc) is 3.28. The summed E-state index contributed by atoms with van der Waals surface area (Å²) in [4.78, 5) is 38.9. The van der Waals surface area contributed by atoms with Crippen molar-refractivity contribution < 1.29 is 13.9 Å². The Bertz CT molecular complexity index is 1910. The Morgan fingerprint density at radius 3 is 2.59 bits per heavy atom. The molecule has 2 amide bonds. The molecule has 210 valence electrons. The topological polar surface area (TPSA) is 121 Å². The highest BCUT2D eigenvalue weighted by atomic mass is 35.5. The number of primary amides is 1. The molecule has 1 saturated heterocycles. The number of aryl methyl sites for hydroxylation is 2. The Hall–Kier alpha value is -4.51. The van der Waals surface area contributed by atoms with E-state index in [1.54, 1.807) is 36.3 Å². The Labute approximate surface area is 239 Å². The molecule has 1 aliphatic heterocycles. The second-order valence-electron chi connectivity index (χ2n) is 10.6. The summed E-state index contributed by atoms with van der Waals surface area (Å²) >= 11 is 6.64. The summed E-state index contributed by atoms with van der Waals surface area (Å²) in [7, 11) is 1.60. The summed E-state index contributed by atoms with van der Waals surface area (Å²) < 4.78 is 24.7. The Morgan fingerprint density at radius 1 is 1.12 bits per heavy atom. The van der Waals surface area contributed by atoms with Crippen LogP contribution in [0.25, 0.3) is 33.1 Å². The van der Waals surface area contributed by atoms with Gasteiger partial charge in [0.15, 0.2) is 0 Å². The van der Waals surface area contributed by atoms with Crippen molar-refractivity contribution >= 4 is 39.6 Å². The third-order valence-electron chi connectivity index (χ3n) is 7.86. The van der Waals surface area contributed by atoms with E-state index < -0.39 is 17.4 Å². The van der Waals surface area contributed by atoms with Crippen LogP contribution in [0, 0.1) is 12.7 Å². The molecule has 1 fully saturated rings. The number of ether oxygens (including phenoxy) is 1. The van der Waals surface area contributed by atoms with Gasteiger partial charge in [0.2, 0.25) is 0 Å². The van der Waals surface area contributed by atoms with Gasteiger partial charge in [0.1, 0.15) is 22.9 Å². The van der Waals surface area contributed by atoms with Crippen LogP contribution in [-0.2, 0) is 12.6 Å². The zero-order chi connectivity index (χ0) is 29.1. The second-order valence-corrected chi connectivity index (χ2v) is 11.0. The van der Waals surface area contributed by atoms with Crippen LogP contribution in [0.3, 0.4) is 0 Å². The summed E-state index contributed by atoms with van der Waals surface area (Å²) in [5.74, 6) is 0.518. The first-order chi connectivity index (χ1) is 19.6. The second kappa shape index (κ2) is 9.84. The maximum Gasteiger partial charge on any atom is 0.314 e. The molecular weight excluding hydrogens is 549 g/mol. The number of pyridine rings is 1. The summed E-state index contributed by atoms with van der Waals surface area (Å²) in [5, 5.41) is 0.968. The molecule has 41 heavy (non-hydrogen) atoms. The first-order valence-electron chi connectivity index (χ1n) is 13.1. The lowest BCUT2D eigenvalue weighted by Crippen LogP contribution is -2.48. The zero-order valence-corrected chi connectivity index (χ0v) is 23.4. The number of amides is 2. The molecule has 0 saturated carbocycles. The van der Waals surface area contributed by atoms with Gasteiger partial charge in [0.05, 0.1) is 22.3 Å². The Kier molecular flexibility index (Phi) is 6.41. The third-order valence-corrected chi connectivity index (χ3v) is 8.17. The molecule has 2 aromatic carbocycles. The first kappa shape index (κ1) is 26.7. The number of urea groups is 1. The normalized spacial score (nSPS) is 15.0. The largest absolute Gasteiger partial charge is 0.435 e. The predicted molar refractivity (Wildman–Crippen MR) is 154 cm³/mol. The number of hydrogen-bond donors (Lipinski definition) is 1. The van der Waals surface area contributed by atoms with Crippen molar-refractivity contribution in [1.29, 1.82) is 0 Å². The Balaban J connectivity index is 1.45. The molecular formula is C29H27ClFN7O3. The SMILES string of the molecule is Cc1nc2cnc3cc(F)c(-c4ccc(Oc5nccn(C)c5=O)cc4Cl)cc3c2n1C1(C)CCN(C(N)=O)CC1. The molecule has 5 aromatic rings. The van der Waals surface area contributed by atoms with Gasteiger partial charge < -0.3 is 24.5 Å². The molecule has 1 aliphatic rings. The van der Waals surface area contributed by atoms with E-state index in [0.717, 1.165) is 16.7 Å². The van der Waals surface area contributed by atoms with E-state index >= 15 is 4.39 Å². The van der Waals surface area contributed by atoms with Gasteiger partial charge in [0.25, 0.3) is 5.88 Å². The van der Waals surface area contributed by atoms with E-state index in [1.165, 1.54) is 29.1 Å². The van der Waals surface area contributed by atoms with Crippen molar-refractivity contribution in [3.05, 3.63) is 75.9 Å². The van der Waals surface area contributed by atoms with E-state index in [1.807, 2.05) is 6.92 Å². The Morgan fingerprint density at radius 2 is 1.88 bits per heavy atom. The highest BCUT2D eigenvalue weighted by Crippen LogP contribution is 2.40. The number of halogens is 2. The maximum absolute atomic E-state index is 15.5. The van der Waals surface area contributed by atoms with Gasteiger partial charge in [-0.05, 0) is 44.9 Å². The molecule has 0 radical (unpaired) electrons. The molecule has 12 heteroatoms. The third kappa shape index (κ3) is 4.55. The highest BCUT2D eigenvalue weighted by molar-refractivity contribution is 6.33. The summed E-state index contributed by atoms with van der Waals surface area (Å²) in [6.07, 6.45) is 6.01. The van der Waals surface area contributed by atoms with Crippen LogP contribution in [0.5, 0.6) is 11.6 Å². The van der Waals surface area contributed by atoms with Crippen molar-refractivity contribution in [3.63, 3.8) is 0 Å². The van der Waals surface area contributed by atoms with Gasteiger partial charge in [-0.2, -0.15) is 0 Å².